The molecule has 7 heavy (non-hydrogen) atoms. The van der Waals surface area contributed by atoms with Crippen LogP contribution in [0.25, 0.3) is 0 Å². The molecule has 0 aromatic carbocycles. The van der Waals surface area contributed by atoms with Gasteiger partial charge in [0.25, 0.3) is 0 Å². The first kappa shape index (κ1) is 5.60. The number of epoxide rings is 1. The Labute approximate surface area is 50.3 Å². The van der Waals surface area contributed by atoms with E-state index in [0.29, 0.717) is 0 Å². The predicted molar refractivity (Wildman–Crippen MR) is 25.3 cm³/mol. The SMILES string of the molecule is FC(Cl)C1OC1Cl. The second kappa shape index (κ2) is 1.77. The molecule has 1 aliphatic heterocycles. The molecule has 0 aliphatic carbocycles. The molecule has 0 aromatic rings. The van der Waals surface area contributed by atoms with Crippen LogP contribution in [0.2, 0.25) is 0 Å². The van der Waals surface area contributed by atoms with Crippen LogP contribution in [0.4, 0.5) is 4.39 Å². The van der Waals surface area contributed by atoms with Gasteiger partial charge in [0.05, 0.1) is 0 Å². The minimum absolute atomic E-state index is 0.493. The van der Waals surface area contributed by atoms with Crippen molar-refractivity contribution in [2.75, 3.05) is 0 Å². The van der Waals surface area contributed by atoms with E-state index in [0.717, 1.165) is 0 Å². The van der Waals surface area contributed by atoms with Gasteiger partial charge in [-0.1, -0.05) is 23.2 Å². The summed E-state index contributed by atoms with van der Waals surface area (Å²) in [5, 5.41) is 0. The van der Waals surface area contributed by atoms with Crippen LogP contribution in [0.15, 0.2) is 0 Å². The zero-order chi connectivity index (χ0) is 5.44. The number of rotatable bonds is 1. The van der Waals surface area contributed by atoms with Crippen LogP contribution in [0.3, 0.4) is 0 Å². The largest absolute Gasteiger partial charge is 0.348 e. The van der Waals surface area contributed by atoms with Gasteiger partial charge < -0.3 is 4.74 Å². The molecule has 1 heterocycles. The Bertz CT molecular complexity index is 77.3. The van der Waals surface area contributed by atoms with E-state index in [-0.39, 0.29) is 0 Å². The first-order valence-electron chi connectivity index (χ1n) is 1.79. The Morgan fingerprint density at radius 1 is 1.71 bits per heavy atom. The molecule has 4 heteroatoms. The fourth-order valence-electron chi connectivity index (χ4n) is 0.279. The van der Waals surface area contributed by atoms with Gasteiger partial charge in [-0.15, -0.1) is 0 Å². The van der Waals surface area contributed by atoms with Crippen molar-refractivity contribution < 1.29 is 9.13 Å². The number of alkyl halides is 3. The zero-order valence-corrected chi connectivity index (χ0v) is 4.79. The van der Waals surface area contributed by atoms with Crippen LogP contribution in [0.5, 0.6) is 0 Å². The lowest BCUT2D eigenvalue weighted by Crippen LogP contribution is -1.99. The third kappa shape index (κ3) is 1.18. The normalized spacial score (nSPS) is 43.3. The lowest BCUT2D eigenvalue weighted by Gasteiger charge is -1.84. The monoisotopic (exact) mass is 144 g/mol. The van der Waals surface area contributed by atoms with Gasteiger partial charge in [0.1, 0.15) is 6.10 Å². The van der Waals surface area contributed by atoms with E-state index >= 15 is 0 Å². The van der Waals surface area contributed by atoms with Crippen LogP contribution in [0.1, 0.15) is 0 Å². The Kier molecular flexibility index (Phi) is 1.41. The average molecular weight is 145 g/mol. The smallest absolute Gasteiger partial charge is 0.203 e. The van der Waals surface area contributed by atoms with E-state index in [1.54, 1.807) is 0 Å². The van der Waals surface area contributed by atoms with E-state index < -0.39 is 17.3 Å². The number of hydrogen-bond donors (Lipinski definition) is 0. The summed E-state index contributed by atoms with van der Waals surface area (Å²) in [6.45, 7) is 0. The Hall–Kier alpha value is 0.470. The molecule has 1 fully saturated rings. The van der Waals surface area contributed by atoms with E-state index in [1.165, 1.54) is 0 Å². The number of hydrogen-bond acceptors (Lipinski definition) is 1. The summed E-state index contributed by atoms with van der Waals surface area (Å²) >= 11 is 10.1. The summed E-state index contributed by atoms with van der Waals surface area (Å²) < 4.78 is 16.1. The second-order valence-electron chi connectivity index (χ2n) is 1.29. The third-order valence-electron chi connectivity index (χ3n) is 0.717. The molecular formula is C3H3Cl2FO. The van der Waals surface area contributed by atoms with Gasteiger partial charge in [-0.05, 0) is 0 Å². The number of ether oxygens (including phenoxy) is 1. The van der Waals surface area contributed by atoms with Crippen molar-refractivity contribution in [1.29, 1.82) is 0 Å². The summed E-state index contributed by atoms with van der Waals surface area (Å²) in [7, 11) is 0. The van der Waals surface area contributed by atoms with Gasteiger partial charge in [-0.2, -0.15) is 0 Å². The van der Waals surface area contributed by atoms with Gasteiger partial charge in [0.15, 0.2) is 5.56 Å². The van der Waals surface area contributed by atoms with Crippen molar-refractivity contribution in [2.24, 2.45) is 0 Å². The quantitative estimate of drug-likeness (QED) is 0.402. The fraction of sp³-hybridized carbons (Fsp3) is 1.00. The maximum atomic E-state index is 11.7. The predicted octanol–water partition coefficient (Wildman–Crippen LogP) is 1.48. The highest BCUT2D eigenvalue weighted by Crippen LogP contribution is 2.31. The maximum Gasteiger partial charge on any atom is 0.203 e. The zero-order valence-electron chi connectivity index (χ0n) is 3.27. The molecule has 0 spiro atoms. The molecule has 3 atom stereocenters. The molecule has 1 saturated heterocycles. The third-order valence-corrected chi connectivity index (χ3v) is 1.32. The summed E-state index contributed by atoms with van der Waals surface area (Å²) in [6.07, 6.45) is -0.566. The summed E-state index contributed by atoms with van der Waals surface area (Å²) in [5.41, 5.74) is -1.94. The van der Waals surface area contributed by atoms with E-state index in [4.69, 9.17) is 23.2 Å². The van der Waals surface area contributed by atoms with E-state index in [1.807, 2.05) is 0 Å². The molecule has 42 valence electrons. The Morgan fingerprint density at radius 2 is 2.14 bits per heavy atom. The van der Waals surface area contributed by atoms with Crippen molar-refractivity contribution in [3.63, 3.8) is 0 Å². The molecule has 0 amide bonds. The fourth-order valence-corrected chi connectivity index (χ4v) is 0.791. The lowest BCUT2D eigenvalue weighted by atomic mass is 10.5. The van der Waals surface area contributed by atoms with E-state index in [2.05, 4.69) is 4.74 Å². The maximum absolute atomic E-state index is 11.7. The molecule has 1 aliphatic rings. The minimum Gasteiger partial charge on any atom is -0.348 e. The highest BCUT2D eigenvalue weighted by Gasteiger charge is 2.43. The van der Waals surface area contributed by atoms with Crippen molar-refractivity contribution in [3.8, 4) is 0 Å². The Morgan fingerprint density at radius 3 is 2.14 bits per heavy atom. The van der Waals surface area contributed by atoms with Gasteiger partial charge >= 0.3 is 0 Å². The molecule has 0 radical (unpaired) electrons. The van der Waals surface area contributed by atoms with Gasteiger partial charge in [0.2, 0.25) is 5.63 Å². The Balaban J connectivity index is 2.20. The number of halogens is 3. The molecule has 1 rings (SSSR count). The van der Waals surface area contributed by atoms with Crippen LogP contribution in [-0.4, -0.2) is 17.3 Å². The molecule has 0 N–H and O–H groups in total. The summed E-state index contributed by atoms with van der Waals surface area (Å²) in [5.74, 6) is 0. The first-order valence-corrected chi connectivity index (χ1v) is 2.67. The molecule has 0 aromatic heterocycles. The van der Waals surface area contributed by atoms with Crippen molar-refractivity contribution in [1.82, 2.24) is 0 Å². The van der Waals surface area contributed by atoms with Gasteiger partial charge in [0, 0.05) is 0 Å². The van der Waals surface area contributed by atoms with Gasteiger partial charge in [-0.25, -0.2) is 4.39 Å². The van der Waals surface area contributed by atoms with Crippen LogP contribution in [-0.2, 0) is 4.74 Å². The standard InChI is InChI=1S/C3H3Cl2FO/c4-2(6)1-3(5)7-1/h1-3H. The van der Waals surface area contributed by atoms with Crippen LogP contribution in [0, 0.1) is 0 Å². The lowest BCUT2D eigenvalue weighted by molar-refractivity contribution is 0.315. The van der Waals surface area contributed by atoms with E-state index in [9.17, 15) is 4.39 Å². The summed E-state index contributed by atoms with van der Waals surface area (Å²) in [6, 6.07) is 0. The highest BCUT2D eigenvalue weighted by molar-refractivity contribution is 6.24. The van der Waals surface area contributed by atoms with Gasteiger partial charge in [-0.3, -0.25) is 0 Å². The molecule has 1 nitrogen and oxygen atoms in total. The second-order valence-corrected chi connectivity index (χ2v) is 2.13. The van der Waals surface area contributed by atoms with Crippen molar-refractivity contribution in [2.45, 2.75) is 17.3 Å². The topological polar surface area (TPSA) is 12.5 Å². The minimum atomic E-state index is -1.44. The average Bonchev–Trinajstić information content (AvgIpc) is 2.17. The molecular weight excluding hydrogens is 142 g/mol. The molecule has 3 unspecified atom stereocenters. The van der Waals surface area contributed by atoms with Crippen molar-refractivity contribution >= 4 is 23.2 Å². The van der Waals surface area contributed by atoms with Crippen LogP contribution < -0.4 is 0 Å². The first-order chi connectivity index (χ1) is 3.22. The van der Waals surface area contributed by atoms with Crippen molar-refractivity contribution in [3.05, 3.63) is 0 Å². The molecule has 0 bridgehead atoms. The highest BCUT2D eigenvalue weighted by atomic mass is 35.5. The molecule has 0 saturated carbocycles. The summed E-state index contributed by atoms with van der Waals surface area (Å²) in [4.78, 5) is 0. The van der Waals surface area contributed by atoms with Crippen LogP contribution >= 0.6 is 23.2 Å².